The van der Waals surface area contributed by atoms with Crippen LogP contribution < -0.4 is 5.32 Å². The quantitative estimate of drug-likeness (QED) is 0.392. The molecule has 8 nitrogen and oxygen atoms in total. The third kappa shape index (κ3) is 7.43. The largest absolute Gasteiger partial charge is 0.481 e. The van der Waals surface area contributed by atoms with Crippen LogP contribution >= 0.6 is 0 Å². The fourth-order valence-corrected chi connectivity index (χ4v) is 5.21. The van der Waals surface area contributed by atoms with Crippen molar-refractivity contribution in [2.24, 2.45) is 0 Å². The molecule has 1 aliphatic heterocycles. The van der Waals surface area contributed by atoms with Gasteiger partial charge in [-0.25, -0.2) is 8.78 Å². The zero-order chi connectivity index (χ0) is 31.5. The second-order valence-corrected chi connectivity index (χ2v) is 11.8. The predicted molar refractivity (Wildman–Crippen MR) is 156 cm³/mol. The first-order chi connectivity index (χ1) is 20.2. The fourth-order valence-electron chi connectivity index (χ4n) is 5.21. The summed E-state index contributed by atoms with van der Waals surface area (Å²) >= 11 is 0. The molecule has 0 radical (unpaired) electrons. The van der Waals surface area contributed by atoms with Crippen molar-refractivity contribution >= 4 is 23.7 Å². The van der Waals surface area contributed by atoms with E-state index in [0.717, 1.165) is 28.2 Å². The molecule has 3 amide bonds. The Morgan fingerprint density at radius 2 is 1.47 bits per heavy atom. The van der Waals surface area contributed by atoms with E-state index in [9.17, 15) is 33.1 Å². The molecule has 2 N–H and O–H groups in total. The SMILES string of the molecule is Cc1cccc(C(CC(=O)O)NC(=O)C2N(C(=O)c3ccc(C(C)(C)C)cc3)CCCN2C(=O)c2cc(F)cc(F)c2)c1. The number of carboxylic acid groups (broad SMARTS) is 1. The highest BCUT2D eigenvalue weighted by molar-refractivity contribution is 6.01. The lowest BCUT2D eigenvalue weighted by Gasteiger charge is -2.43. The van der Waals surface area contributed by atoms with Crippen LogP contribution in [0.1, 0.15) is 77.1 Å². The van der Waals surface area contributed by atoms with Crippen LogP contribution in [0.3, 0.4) is 0 Å². The normalized spacial score (nSPS) is 16.0. The van der Waals surface area contributed by atoms with E-state index < -0.39 is 54.0 Å². The molecule has 10 heteroatoms. The Morgan fingerprint density at radius 1 is 0.884 bits per heavy atom. The summed E-state index contributed by atoms with van der Waals surface area (Å²) < 4.78 is 28.1. The first kappa shape index (κ1) is 31.3. The molecule has 4 rings (SSSR count). The van der Waals surface area contributed by atoms with Gasteiger partial charge in [-0.2, -0.15) is 0 Å². The van der Waals surface area contributed by atoms with Crippen molar-refractivity contribution in [2.45, 2.75) is 58.2 Å². The van der Waals surface area contributed by atoms with Crippen LogP contribution in [0, 0.1) is 18.6 Å². The molecule has 0 aromatic heterocycles. The van der Waals surface area contributed by atoms with Crippen molar-refractivity contribution in [1.82, 2.24) is 15.1 Å². The van der Waals surface area contributed by atoms with Crippen LogP contribution in [-0.2, 0) is 15.0 Å². The number of rotatable bonds is 7. The molecule has 1 heterocycles. The minimum Gasteiger partial charge on any atom is -0.481 e. The number of carbonyl (C=O) groups excluding carboxylic acids is 3. The van der Waals surface area contributed by atoms with Gasteiger partial charge >= 0.3 is 5.97 Å². The minimum atomic E-state index is -1.51. The lowest BCUT2D eigenvalue weighted by molar-refractivity contribution is -0.138. The summed E-state index contributed by atoms with van der Waals surface area (Å²) in [4.78, 5) is 55.6. The average molecular weight is 592 g/mol. The maximum Gasteiger partial charge on any atom is 0.305 e. The third-order valence-corrected chi connectivity index (χ3v) is 7.39. The highest BCUT2D eigenvalue weighted by atomic mass is 19.1. The molecular formula is C33H35F2N3O5. The van der Waals surface area contributed by atoms with Gasteiger partial charge in [-0.3, -0.25) is 19.2 Å². The Morgan fingerprint density at radius 3 is 2.00 bits per heavy atom. The van der Waals surface area contributed by atoms with Crippen molar-refractivity contribution in [2.75, 3.05) is 13.1 Å². The van der Waals surface area contributed by atoms with Crippen LogP contribution in [0.4, 0.5) is 8.78 Å². The third-order valence-electron chi connectivity index (χ3n) is 7.39. The summed E-state index contributed by atoms with van der Waals surface area (Å²) in [5.41, 5.74) is 2.19. The molecule has 2 atom stereocenters. The smallest absolute Gasteiger partial charge is 0.305 e. The topological polar surface area (TPSA) is 107 Å². The van der Waals surface area contributed by atoms with E-state index in [1.165, 1.54) is 4.90 Å². The number of nitrogens with one attached hydrogen (secondary N) is 1. The van der Waals surface area contributed by atoms with Gasteiger partial charge in [0.05, 0.1) is 12.5 Å². The maximum atomic E-state index is 14.1. The standard InChI is InChI=1S/C33H35F2N3O5/c1-20-7-5-8-22(15-20)27(19-28(39)40)36-29(41)30-37(31(42)21-9-11-24(12-10-21)33(2,3)4)13-6-14-38(30)32(43)23-16-25(34)18-26(35)17-23/h5,7-12,15-18,27,30H,6,13-14,19H2,1-4H3,(H,36,41)(H,39,40). The van der Waals surface area contributed by atoms with Gasteiger partial charge in [-0.05, 0) is 54.2 Å². The van der Waals surface area contributed by atoms with Crippen LogP contribution in [0.15, 0.2) is 66.7 Å². The van der Waals surface area contributed by atoms with Crippen LogP contribution in [-0.4, -0.2) is 57.9 Å². The molecular weight excluding hydrogens is 556 g/mol. The van der Waals surface area contributed by atoms with Crippen molar-refractivity contribution in [3.8, 4) is 0 Å². The van der Waals surface area contributed by atoms with E-state index in [2.05, 4.69) is 5.32 Å². The molecule has 1 saturated heterocycles. The molecule has 3 aromatic carbocycles. The first-order valence-corrected chi connectivity index (χ1v) is 14.0. The van der Waals surface area contributed by atoms with E-state index in [0.29, 0.717) is 18.1 Å². The van der Waals surface area contributed by atoms with Gasteiger partial charge in [0.2, 0.25) is 0 Å². The predicted octanol–water partition coefficient (Wildman–Crippen LogP) is 5.22. The van der Waals surface area contributed by atoms with Crippen LogP contribution in [0.25, 0.3) is 0 Å². The summed E-state index contributed by atoms with van der Waals surface area (Å²) in [6.45, 7) is 8.08. The number of amides is 3. The van der Waals surface area contributed by atoms with Gasteiger partial charge in [0.15, 0.2) is 6.17 Å². The van der Waals surface area contributed by atoms with E-state index >= 15 is 0 Å². The van der Waals surface area contributed by atoms with Crippen molar-refractivity contribution in [1.29, 1.82) is 0 Å². The fraction of sp³-hybridized carbons (Fsp3) is 0.333. The van der Waals surface area contributed by atoms with Crippen molar-refractivity contribution in [3.63, 3.8) is 0 Å². The second-order valence-electron chi connectivity index (χ2n) is 11.8. The Bertz CT molecular complexity index is 1510. The van der Waals surface area contributed by atoms with Crippen LogP contribution in [0.5, 0.6) is 0 Å². The number of hydrogen-bond donors (Lipinski definition) is 2. The number of halogens is 2. The number of carboxylic acids is 1. The number of aryl methyl sites for hydroxylation is 1. The van der Waals surface area contributed by atoms with E-state index in [4.69, 9.17) is 0 Å². The summed E-state index contributed by atoms with van der Waals surface area (Å²) in [7, 11) is 0. The molecule has 1 fully saturated rings. The first-order valence-electron chi connectivity index (χ1n) is 14.0. The zero-order valence-corrected chi connectivity index (χ0v) is 24.6. The van der Waals surface area contributed by atoms with Gasteiger partial charge in [-0.15, -0.1) is 0 Å². The number of nitrogens with zero attached hydrogens (tertiary/aromatic N) is 2. The molecule has 2 unspecified atom stereocenters. The average Bonchev–Trinajstić information content (AvgIpc) is 2.94. The minimum absolute atomic E-state index is 0.0236. The van der Waals surface area contributed by atoms with E-state index in [1.54, 1.807) is 30.3 Å². The molecule has 0 aliphatic carbocycles. The maximum absolute atomic E-state index is 14.1. The number of carbonyl (C=O) groups is 4. The monoisotopic (exact) mass is 591 g/mol. The van der Waals surface area contributed by atoms with Gasteiger partial charge in [0.1, 0.15) is 11.6 Å². The number of benzene rings is 3. The lowest BCUT2D eigenvalue weighted by Crippen LogP contribution is -2.63. The Hall–Kier alpha value is -4.60. The Kier molecular flexibility index (Phi) is 9.27. The van der Waals surface area contributed by atoms with Gasteiger partial charge in [0, 0.05) is 30.3 Å². The van der Waals surface area contributed by atoms with Crippen LogP contribution in [0.2, 0.25) is 0 Å². The Labute approximate surface area is 249 Å². The summed E-state index contributed by atoms with van der Waals surface area (Å²) in [6.07, 6.45) is -1.66. The molecule has 3 aromatic rings. The molecule has 0 saturated carbocycles. The van der Waals surface area contributed by atoms with Gasteiger partial charge < -0.3 is 20.2 Å². The summed E-state index contributed by atoms with van der Waals surface area (Å²) in [5.74, 6) is -5.25. The van der Waals surface area contributed by atoms with Gasteiger partial charge in [0.25, 0.3) is 17.7 Å². The highest BCUT2D eigenvalue weighted by Crippen LogP contribution is 2.26. The van der Waals surface area contributed by atoms with E-state index in [-0.39, 0.29) is 29.6 Å². The molecule has 0 spiro atoms. The summed E-state index contributed by atoms with van der Waals surface area (Å²) in [5, 5.41) is 12.3. The molecule has 0 bridgehead atoms. The van der Waals surface area contributed by atoms with Crippen molar-refractivity contribution < 1.29 is 33.1 Å². The highest BCUT2D eigenvalue weighted by Gasteiger charge is 2.42. The zero-order valence-electron chi connectivity index (χ0n) is 24.6. The molecule has 226 valence electrons. The summed E-state index contributed by atoms with van der Waals surface area (Å²) in [6, 6.07) is 15.3. The number of hydrogen-bond acceptors (Lipinski definition) is 4. The Balaban J connectivity index is 1.74. The molecule has 43 heavy (non-hydrogen) atoms. The lowest BCUT2D eigenvalue weighted by atomic mass is 9.86. The molecule has 1 aliphatic rings. The van der Waals surface area contributed by atoms with Crippen molar-refractivity contribution in [3.05, 3.63) is 106 Å². The van der Waals surface area contributed by atoms with Gasteiger partial charge in [-0.1, -0.05) is 62.7 Å². The second kappa shape index (κ2) is 12.7. The van der Waals surface area contributed by atoms with E-state index in [1.807, 2.05) is 45.9 Å². The number of aliphatic carboxylic acids is 1.